The van der Waals surface area contributed by atoms with Gasteiger partial charge in [-0.1, -0.05) is 43.2 Å². The number of aromatic amines is 1. The van der Waals surface area contributed by atoms with Gasteiger partial charge in [0.15, 0.2) is 0 Å². The molecule has 1 unspecified atom stereocenters. The van der Waals surface area contributed by atoms with Crippen molar-refractivity contribution < 1.29 is 4.74 Å². The molecule has 1 atom stereocenters. The summed E-state index contributed by atoms with van der Waals surface area (Å²) in [4.78, 5) is 0. The molecule has 3 rings (SSSR count). The van der Waals surface area contributed by atoms with Gasteiger partial charge in [0.2, 0.25) is 11.8 Å². The zero-order valence-electron chi connectivity index (χ0n) is 14.7. The van der Waals surface area contributed by atoms with Gasteiger partial charge in [-0.3, -0.25) is 0 Å². The number of nitriles is 1. The number of hydrogen-bond acceptors (Lipinski definition) is 4. The van der Waals surface area contributed by atoms with Crippen LogP contribution >= 0.6 is 0 Å². The largest absolute Gasteiger partial charge is 0.422 e. The van der Waals surface area contributed by atoms with Crippen LogP contribution in [-0.4, -0.2) is 10.2 Å². The number of nitrogens with one attached hydrogen (secondary N) is 1. The number of benzene rings is 1. The van der Waals surface area contributed by atoms with Crippen molar-refractivity contribution in [1.82, 2.24) is 10.2 Å². The molecule has 0 radical (unpaired) electrons. The van der Waals surface area contributed by atoms with Crippen molar-refractivity contribution in [2.45, 2.75) is 40.0 Å². The molecule has 24 heavy (non-hydrogen) atoms. The fraction of sp³-hybridized carbons (Fsp3) is 0.368. The van der Waals surface area contributed by atoms with E-state index in [1.54, 1.807) is 0 Å². The summed E-state index contributed by atoms with van der Waals surface area (Å²) >= 11 is 0. The van der Waals surface area contributed by atoms with E-state index in [1.807, 2.05) is 6.92 Å². The predicted octanol–water partition coefficient (Wildman–Crippen LogP) is 3.36. The van der Waals surface area contributed by atoms with E-state index >= 15 is 0 Å². The number of hydrogen-bond donors (Lipinski definition) is 2. The number of H-pyrrole nitrogens is 1. The summed E-state index contributed by atoms with van der Waals surface area (Å²) in [6, 6.07) is 8.68. The topological polar surface area (TPSA) is 87.7 Å². The number of aryl methyl sites for hydroxylation is 3. The van der Waals surface area contributed by atoms with Crippen molar-refractivity contribution in [2.24, 2.45) is 11.7 Å². The lowest BCUT2D eigenvalue weighted by atomic mass is 9.61. The number of allylic oxidation sites excluding steroid dienone is 1. The lowest BCUT2D eigenvalue weighted by Gasteiger charge is -2.41. The molecule has 3 N–H and O–H groups in total. The average molecular weight is 322 g/mol. The minimum absolute atomic E-state index is 0.0887. The summed E-state index contributed by atoms with van der Waals surface area (Å²) in [7, 11) is 0. The Morgan fingerprint density at radius 1 is 1.21 bits per heavy atom. The average Bonchev–Trinajstić information content (AvgIpc) is 2.85. The Balaban J connectivity index is 2.48. The molecule has 1 aliphatic heterocycles. The first-order valence-corrected chi connectivity index (χ1v) is 8.04. The van der Waals surface area contributed by atoms with Crippen LogP contribution in [-0.2, 0) is 5.41 Å². The van der Waals surface area contributed by atoms with Gasteiger partial charge >= 0.3 is 0 Å². The van der Waals surface area contributed by atoms with Crippen LogP contribution in [0.5, 0.6) is 5.88 Å². The van der Waals surface area contributed by atoms with Gasteiger partial charge < -0.3 is 10.5 Å². The molecule has 2 aromatic rings. The minimum Gasteiger partial charge on any atom is -0.422 e. The third-order valence-corrected chi connectivity index (χ3v) is 4.82. The molecule has 0 saturated heterocycles. The van der Waals surface area contributed by atoms with Crippen LogP contribution in [0, 0.1) is 38.0 Å². The zero-order valence-corrected chi connectivity index (χ0v) is 14.7. The first-order valence-electron chi connectivity index (χ1n) is 8.04. The molecule has 1 aromatic heterocycles. The molecule has 0 saturated carbocycles. The number of fused-ring (bicyclic) bond motifs is 1. The van der Waals surface area contributed by atoms with Gasteiger partial charge in [0, 0.05) is 0 Å². The first kappa shape index (κ1) is 16.1. The van der Waals surface area contributed by atoms with E-state index in [-0.39, 0.29) is 11.8 Å². The van der Waals surface area contributed by atoms with Crippen LogP contribution in [0.4, 0.5) is 0 Å². The molecule has 0 amide bonds. The van der Waals surface area contributed by atoms with E-state index in [9.17, 15) is 5.26 Å². The highest BCUT2D eigenvalue weighted by atomic mass is 16.5. The van der Waals surface area contributed by atoms with Gasteiger partial charge in [0.1, 0.15) is 11.6 Å². The summed E-state index contributed by atoms with van der Waals surface area (Å²) in [6.45, 7) is 10.3. The van der Waals surface area contributed by atoms with Gasteiger partial charge in [-0.2, -0.15) is 10.4 Å². The quantitative estimate of drug-likeness (QED) is 0.887. The Hall–Kier alpha value is -2.74. The van der Waals surface area contributed by atoms with Crippen molar-refractivity contribution in [3.8, 4) is 11.9 Å². The number of aromatic nitrogens is 2. The van der Waals surface area contributed by atoms with Crippen molar-refractivity contribution in [1.29, 1.82) is 5.26 Å². The van der Waals surface area contributed by atoms with Crippen LogP contribution in [0.25, 0.3) is 0 Å². The normalized spacial score (nSPS) is 19.9. The number of rotatable bonds is 2. The molecule has 5 heteroatoms. The Bertz CT molecular complexity index is 865. The van der Waals surface area contributed by atoms with Gasteiger partial charge in [0.05, 0.1) is 16.7 Å². The highest BCUT2D eigenvalue weighted by molar-refractivity contribution is 5.62. The summed E-state index contributed by atoms with van der Waals surface area (Å²) in [5, 5.41) is 17.1. The molecule has 1 aliphatic rings. The molecule has 0 spiro atoms. The Kier molecular flexibility index (Phi) is 3.64. The van der Waals surface area contributed by atoms with Crippen molar-refractivity contribution in [2.75, 3.05) is 0 Å². The molecule has 124 valence electrons. The Morgan fingerprint density at radius 3 is 2.38 bits per heavy atom. The standard InChI is InChI=1S/C19H22N4O/c1-10(2)19(14-7-11(3)6-12(4)8-14)15(9-20)17(21)24-18-16(19)13(5)22-23-18/h6-8,10H,21H2,1-5H3,(H,22,23). The molecular weight excluding hydrogens is 300 g/mol. The maximum Gasteiger partial charge on any atom is 0.222 e. The second-order valence-corrected chi connectivity index (χ2v) is 6.81. The lowest BCUT2D eigenvalue weighted by Crippen LogP contribution is -2.41. The lowest BCUT2D eigenvalue weighted by molar-refractivity contribution is 0.323. The number of nitrogens with two attached hydrogens (primary N) is 1. The van der Waals surface area contributed by atoms with Crippen molar-refractivity contribution in [3.05, 3.63) is 57.6 Å². The fourth-order valence-corrected chi connectivity index (χ4v) is 3.97. The summed E-state index contributed by atoms with van der Waals surface area (Å²) in [5.41, 5.74) is 10.9. The number of ether oxygens (including phenoxy) is 1. The van der Waals surface area contributed by atoms with Crippen molar-refractivity contribution >= 4 is 0 Å². The van der Waals surface area contributed by atoms with E-state index in [4.69, 9.17) is 10.5 Å². The summed E-state index contributed by atoms with van der Waals surface area (Å²) < 4.78 is 5.66. The second kappa shape index (κ2) is 5.41. The van der Waals surface area contributed by atoms with Gasteiger partial charge in [0.25, 0.3) is 0 Å². The number of nitrogens with zero attached hydrogens (tertiary/aromatic N) is 2. The van der Waals surface area contributed by atoms with Crippen LogP contribution in [0.1, 0.15) is 41.8 Å². The molecule has 5 nitrogen and oxygen atoms in total. The Labute approximate surface area is 142 Å². The third kappa shape index (κ3) is 2.03. The van der Waals surface area contributed by atoms with Crippen LogP contribution in [0.3, 0.4) is 0 Å². The molecule has 0 bridgehead atoms. The van der Waals surface area contributed by atoms with E-state index in [2.05, 4.69) is 62.2 Å². The zero-order chi connectivity index (χ0) is 17.6. The highest BCUT2D eigenvalue weighted by Gasteiger charge is 2.50. The van der Waals surface area contributed by atoms with E-state index in [1.165, 1.54) is 0 Å². The third-order valence-electron chi connectivity index (χ3n) is 4.82. The van der Waals surface area contributed by atoms with Gasteiger partial charge in [-0.25, -0.2) is 5.10 Å². The smallest absolute Gasteiger partial charge is 0.222 e. The summed E-state index contributed by atoms with van der Waals surface area (Å²) in [5.74, 6) is 0.754. The molecule has 1 aromatic carbocycles. The maximum absolute atomic E-state index is 9.90. The predicted molar refractivity (Wildman–Crippen MR) is 92.3 cm³/mol. The molecule has 0 aliphatic carbocycles. The van der Waals surface area contributed by atoms with Crippen LogP contribution in [0.2, 0.25) is 0 Å². The Morgan fingerprint density at radius 2 is 1.83 bits per heavy atom. The van der Waals surface area contributed by atoms with Gasteiger partial charge in [-0.15, -0.1) is 0 Å². The second-order valence-electron chi connectivity index (χ2n) is 6.81. The minimum atomic E-state index is -0.680. The molecular formula is C19H22N4O. The van der Waals surface area contributed by atoms with Crippen molar-refractivity contribution in [3.63, 3.8) is 0 Å². The van der Waals surface area contributed by atoms with Crippen LogP contribution in [0.15, 0.2) is 29.7 Å². The molecule has 2 heterocycles. The fourth-order valence-electron chi connectivity index (χ4n) is 3.97. The SMILES string of the molecule is Cc1cc(C)cc(C2(C(C)C)C(C#N)=C(N)Oc3[nH]nc(C)c32)c1. The molecule has 0 fully saturated rings. The van der Waals surface area contributed by atoms with Crippen LogP contribution < -0.4 is 10.5 Å². The first-order chi connectivity index (χ1) is 11.3. The van der Waals surface area contributed by atoms with Gasteiger partial charge in [-0.05, 0) is 32.3 Å². The van der Waals surface area contributed by atoms with E-state index in [0.29, 0.717) is 11.5 Å². The monoisotopic (exact) mass is 322 g/mol. The maximum atomic E-state index is 9.90. The van der Waals surface area contributed by atoms with E-state index in [0.717, 1.165) is 27.9 Å². The van der Waals surface area contributed by atoms with E-state index < -0.39 is 5.41 Å². The summed E-state index contributed by atoms with van der Waals surface area (Å²) in [6.07, 6.45) is 0. The highest BCUT2D eigenvalue weighted by Crippen LogP contribution is 2.52.